The van der Waals surface area contributed by atoms with Crippen molar-refractivity contribution in [2.24, 2.45) is 5.84 Å². The normalized spacial score (nSPS) is 14.6. The van der Waals surface area contributed by atoms with Crippen LogP contribution in [0.25, 0.3) is 0 Å². The summed E-state index contributed by atoms with van der Waals surface area (Å²) in [7, 11) is 1.74. The number of methoxy groups -OCH3 is 1. The summed E-state index contributed by atoms with van der Waals surface area (Å²) in [6.45, 7) is 4.24. The Balaban J connectivity index is 2.59. The molecule has 3 N–H and O–H groups in total. The zero-order chi connectivity index (χ0) is 12.7. The summed E-state index contributed by atoms with van der Waals surface area (Å²) in [5, 5.41) is 0. The number of rotatable bonds is 7. The van der Waals surface area contributed by atoms with Crippen molar-refractivity contribution in [3.05, 3.63) is 35.4 Å². The Morgan fingerprint density at radius 2 is 1.88 bits per heavy atom. The second kappa shape index (κ2) is 7.43. The molecule has 1 aromatic carbocycles. The average Bonchev–Trinajstić information content (AvgIpc) is 2.39. The molecule has 1 aromatic rings. The first-order valence-electron chi connectivity index (χ1n) is 6.29. The van der Waals surface area contributed by atoms with E-state index in [1.165, 1.54) is 11.1 Å². The average molecular weight is 236 g/mol. The topological polar surface area (TPSA) is 47.3 Å². The lowest BCUT2D eigenvalue weighted by atomic mass is 9.99. The van der Waals surface area contributed by atoms with Crippen LogP contribution in [0.15, 0.2) is 24.3 Å². The van der Waals surface area contributed by atoms with Crippen LogP contribution in [0.2, 0.25) is 0 Å². The maximum Gasteiger partial charge on any atom is 0.0543 e. The van der Waals surface area contributed by atoms with E-state index >= 15 is 0 Å². The van der Waals surface area contributed by atoms with E-state index in [9.17, 15) is 0 Å². The first-order chi connectivity index (χ1) is 8.21. The fraction of sp³-hybridized carbons (Fsp3) is 0.571. The highest BCUT2D eigenvalue weighted by Gasteiger charge is 2.11. The number of ether oxygens (including phenoxy) is 1. The lowest BCUT2D eigenvalue weighted by molar-refractivity contribution is 0.106. The van der Waals surface area contributed by atoms with Crippen LogP contribution in [-0.4, -0.2) is 13.2 Å². The van der Waals surface area contributed by atoms with Crippen LogP contribution in [-0.2, 0) is 11.2 Å². The lowest BCUT2D eigenvalue weighted by Crippen LogP contribution is -2.28. The van der Waals surface area contributed by atoms with Crippen molar-refractivity contribution in [3.8, 4) is 0 Å². The third-order valence-electron chi connectivity index (χ3n) is 3.26. The van der Waals surface area contributed by atoms with Crippen molar-refractivity contribution in [3.63, 3.8) is 0 Å². The molecule has 0 heterocycles. The van der Waals surface area contributed by atoms with Gasteiger partial charge < -0.3 is 4.74 Å². The third kappa shape index (κ3) is 4.46. The van der Waals surface area contributed by atoms with Gasteiger partial charge in [0.2, 0.25) is 0 Å². The summed E-state index contributed by atoms with van der Waals surface area (Å²) in [5.41, 5.74) is 5.48. The van der Waals surface area contributed by atoms with Gasteiger partial charge in [0.1, 0.15) is 0 Å². The van der Waals surface area contributed by atoms with Crippen molar-refractivity contribution < 1.29 is 4.74 Å². The molecule has 1 rings (SSSR count). The molecule has 0 fully saturated rings. The Bertz CT molecular complexity index is 311. The number of nitrogens with two attached hydrogens (primary N) is 1. The second-order valence-electron chi connectivity index (χ2n) is 4.44. The third-order valence-corrected chi connectivity index (χ3v) is 3.26. The van der Waals surface area contributed by atoms with E-state index in [4.69, 9.17) is 10.6 Å². The highest BCUT2D eigenvalue weighted by Crippen LogP contribution is 2.19. The van der Waals surface area contributed by atoms with E-state index in [-0.39, 0.29) is 12.1 Å². The van der Waals surface area contributed by atoms with Gasteiger partial charge in [-0.05, 0) is 37.3 Å². The molecule has 0 spiro atoms. The van der Waals surface area contributed by atoms with E-state index < -0.39 is 0 Å². The first kappa shape index (κ1) is 14.2. The predicted octanol–water partition coefficient (Wildman–Crippen LogP) is 2.57. The Labute approximate surface area is 104 Å². The maximum atomic E-state index is 5.61. The number of nitrogens with one attached hydrogen (secondary N) is 1. The summed E-state index contributed by atoms with van der Waals surface area (Å²) in [6, 6.07) is 8.85. The van der Waals surface area contributed by atoms with E-state index in [1.807, 2.05) is 0 Å². The minimum atomic E-state index is 0.207. The van der Waals surface area contributed by atoms with Crippen molar-refractivity contribution in [1.82, 2.24) is 5.43 Å². The second-order valence-corrected chi connectivity index (χ2v) is 4.44. The summed E-state index contributed by atoms with van der Waals surface area (Å²) >= 11 is 0. The van der Waals surface area contributed by atoms with E-state index in [2.05, 4.69) is 43.5 Å². The molecule has 96 valence electrons. The van der Waals surface area contributed by atoms with Gasteiger partial charge in [-0.1, -0.05) is 31.2 Å². The molecule has 0 saturated heterocycles. The van der Waals surface area contributed by atoms with Crippen LogP contribution in [0.4, 0.5) is 0 Å². The van der Waals surface area contributed by atoms with Crippen LogP contribution < -0.4 is 11.3 Å². The Kier molecular flexibility index (Phi) is 6.19. The lowest BCUT2D eigenvalue weighted by Gasteiger charge is -2.18. The van der Waals surface area contributed by atoms with E-state index in [0.717, 1.165) is 19.3 Å². The summed E-state index contributed by atoms with van der Waals surface area (Å²) in [4.78, 5) is 0. The molecule has 2 atom stereocenters. The van der Waals surface area contributed by atoms with Gasteiger partial charge in [0, 0.05) is 13.2 Å². The fourth-order valence-corrected chi connectivity index (χ4v) is 1.85. The van der Waals surface area contributed by atoms with Crippen LogP contribution >= 0.6 is 0 Å². The minimum absolute atomic E-state index is 0.207. The number of hydrogen-bond donors (Lipinski definition) is 2. The molecule has 2 unspecified atom stereocenters. The van der Waals surface area contributed by atoms with E-state index in [0.29, 0.717) is 0 Å². The molecule has 0 bridgehead atoms. The standard InChI is InChI=1S/C14H24N2O/c1-4-12-6-8-13(9-7-12)14(16-15)10-5-11(2)17-3/h6-9,11,14,16H,4-5,10,15H2,1-3H3. The molecule has 0 aliphatic heterocycles. The Morgan fingerprint density at radius 3 is 2.35 bits per heavy atom. The van der Waals surface area contributed by atoms with Gasteiger partial charge in [-0.15, -0.1) is 0 Å². The molecule has 3 heteroatoms. The van der Waals surface area contributed by atoms with Crippen molar-refractivity contribution in [2.75, 3.05) is 7.11 Å². The van der Waals surface area contributed by atoms with Gasteiger partial charge in [0.15, 0.2) is 0 Å². The van der Waals surface area contributed by atoms with Crippen LogP contribution in [0.1, 0.15) is 43.9 Å². The molecule has 0 aromatic heterocycles. The van der Waals surface area contributed by atoms with Crippen LogP contribution in [0.5, 0.6) is 0 Å². The maximum absolute atomic E-state index is 5.61. The summed E-state index contributed by atoms with van der Waals surface area (Å²) in [6.07, 6.45) is 3.33. The van der Waals surface area contributed by atoms with Gasteiger partial charge in [-0.25, -0.2) is 0 Å². The van der Waals surface area contributed by atoms with Crippen LogP contribution in [0, 0.1) is 0 Å². The monoisotopic (exact) mass is 236 g/mol. The molecule has 0 aliphatic rings. The molecule has 3 nitrogen and oxygen atoms in total. The van der Waals surface area contributed by atoms with Crippen molar-refractivity contribution >= 4 is 0 Å². The van der Waals surface area contributed by atoms with Gasteiger partial charge in [0.25, 0.3) is 0 Å². The molecule has 0 aliphatic carbocycles. The highest BCUT2D eigenvalue weighted by atomic mass is 16.5. The minimum Gasteiger partial charge on any atom is -0.382 e. The molecule has 0 amide bonds. The molecule has 0 saturated carbocycles. The molecule has 0 radical (unpaired) electrons. The van der Waals surface area contributed by atoms with Crippen molar-refractivity contribution in [2.45, 2.75) is 45.3 Å². The van der Waals surface area contributed by atoms with Gasteiger partial charge >= 0.3 is 0 Å². The number of hydrogen-bond acceptors (Lipinski definition) is 3. The SMILES string of the molecule is CCc1ccc(C(CCC(C)OC)NN)cc1. The number of aryl methyl sites for hydroxylation is 1. The summed E-state index contributed by atoms with van der Waals surface area (Å²) in [5.74, 6) is 5.61. The smallest absolute Gasteiger partial charge is 0.0543 e. The first-order valence-corrected chi connectivity index (χ1v) is 6.29. The number of benzene rings is 1. The van der Waals surface area contributed by atoms with Gasteiger partial charge in [0.05, 0.1) is 6.10 Å². The quantitative estimate of drug-likeness (QED) is 0.565. The summed E-state index contributed by atoms with van der Waals surface area (Å²) < 4.78 is 5.25. The largest absolute Gasteiger partial charge is 0.382 e. The zero-order valence-electron chi connectivity index (χ0n) is 11.1. The van der Waals surface area contributed by atoms with Gasteiger partial charge in [-0.2, -0.15) is 0 Å². The molecule has 17 heavy (non-hydrogen) atoms. The molecular weight excluding hydrogens is 212 g/mol. The Morgan fingerprint density at radius 1 is 1.24 bits per heavy atom. The predicted molar refractivity (Wildman–Crippen MR) is 71.6 cm³/mol. The number of hydrazine groups is 1. The van der Waals surface area contributed by atoms with Crippen LogP contribution in [0.3, 0.4) is 0 Å². The zero-order valence-corrected chi connectivity index (χ0v) is 11.1. The highest BCUT2D eigenvalue weighted by molar-refractivity contribution is 5.24. The van der Waals surface area contributed by atoms with E-state index in [1.54, 1.807) is 7.11 Å². The van der Waals surface area contributed by atoms with Crippen molar-refractivity contribution in [1.29, 1.82) is 0 Å². The van der Waals surface area contributed by atoms with Gasteiger partial charge in [-0.3, -0.25) is 11.3 Å². The molecular formula is C14H24N2O. The Hall–Kier alpha value is -0.900. The fourth-order valence-electron chi connectivity index (χ4n) is 1.85.